The minimum atomic E-state index is 0.691. The molecule has 6 nitrogen and oxygen atoms in total. The fraction of sp³-hybridized carbons (Fsp3) is 0. The van der Waals surface area contributed by atoms with Crippen LogP contribution in [0.15, 0.2) is 244 Å². The van der Waals surface area contributed by atoms with Crippen LogP contribution in [0, 0.1) is 0 Å². The van der Waals surface area contributed by atoms with E-state index in [0.717, 1.165) is 66.8 Å². The van der Waals surface area contributed by atoms with E-state index >= 15 is 0 Å². The predicted molar refractivity (Wildman–Crippen MR) is 326 cm³/mol. The molecule has 0 atom stereocenters. The van der Waals surface area contributed by atoms with Gasteiger partial charge in [-0.25, -0.2) is 9.97 Å². The highest BCUT2D eigenvalue weighted by Gasteiger charge is 2.14. The Bertz CT molecular complexity index is 3960. The largest absolute Gasteiger partial charge is 0.264 e. The molecular weight excluding hydrogens is 949 g/mol. The van der Waals surface area contributed by atoms with Gasteiger partial charge in [0.2, 0.25) is 0 Å². The first kappa shape index (κ1) is 47.2. The SMILES string of the molecule is C(=Cc1nc(C=Cc2ccncc2-c2ccc3ccccc3c2)c(C=Cc2ccncc2-c2ccc3ccccc3c2)nc1C=Cc1ccncc1-c1ccc2ccccc2c1)c1ccncc1-c1ccc2ccccc2c1. The average Bonchev–Trinajstić information content (AvgIpc) is 3.56. The zero-order chi connectivity index (χ0) is 52.0. The van der Waals surface area contributed by atoms with E-state index in [-0.39, 0.29) is 0 Å². The molecule has 13 aromatic rings. The Morgan fingerprint density at radius 2 is 0.449 bits per heavy atom. The maximum atomic E-state index is 5.55. The standard InChI is InChI=1S/C72H48N6/c1-5-13-57-41-61(21-17-49(57)9-1)65-45-73-37-33-53(65)25-29-69-70(30-26-54-34-38-74-46-66(54)62-22-18-50-10-2-6-14-58(50)42-62)78-72(32-28-56-36-40-76-48-68(56)64-24-20-52-12-4-8-16-60(52)44-64)71(77-69)31-27-55-35-39-75-47-67(55)63-23-19-51-11-3-7-15-59(51)43-63/h1-48H. The third-order valence-corrected chi connectivity index (χ3v) is 14.4. The second kappa shape index (κ2) is 21.4. The molecule has 0 fully saturated rings. The molecule has 78 heavy (non-hydrogen) atoms. The van der Waals surface area contributed by atoms with Crippen molar-refractivity contribution in [3.05, 3.63) is 289 Å². The summed E-state index contributed by atoms with van der Waals surface area (Å²) in [6, 6.07) is 68.1. The molecule has 13 rings (SSSR count). The normalized spacial score (nSPS) is 11.9. The molecule has 0 aliphatic carbocycles. The van der Waals surface area contributed by atoms with Crippen molar-refractivity contribution < 1.29 is 0 Å². The van der Waals surface area contributed by atoms with Crippen molar-refractivity contribution in [2.75, 3.05) is 0 Å². The van der Waals surface area contributed by atoms with Gasteiger partial charge >= 0.3 is 0 Å². The molecule has 0 bridgehead atoms. The fourth-order valence-corrected chi connectivity index (χ4v) is 10.2. The van der Waals surface area contributed by atoms with E-state index in [4.69, 9.17) is 9.97 Å². The van der Waals surface area contributed by atoms with Crippen LogP contribution in [-0.4, -0.2) is 29.9 Å². The van der Waals surface area contributed by atoms with Crippen LogP contribution in [-0.2, 0) is 0 Å². The molecule has 0 radical (unpaired) electrons. The van der Waals surface area contributed by atoms with Gasteiger partial charge in [0, 0.05) is 71.8 Å². The van der Waals surface area contributed by atoms with E-state index < -0.39 is 0 Å². The van der Waals surface area contributed by atoms with Gasteiger partial charge in [-0.1, -0.05) is 170 Å². The number of benzene rings is 8. The summed E-state index contributed by atoms with van der Waals surface area (Å²) in [6.07, 6.45) is 31.9. The summed E-state index contributed by atoms with van der Waals surface area (Å²) in [5, 5.41) is 9.42. The fourth-order valence-electron chi connectivity index (χ4n) is 10.2. The van der Waals surface area contributed by atoms with Crippen LogP contribution in [0.5, 0.6) is 0 Å². The van der Waals surface area contributed by atoms with Gasteiger partial charge in [-0.15, -0.1) is 0 Å². The number of fused-ring (bicyclic) bond motifs is 4. The van der Waals surface area contributed by atoms with Gasteiger partial charge in [0.25, 0.3) is 0 Å². The van der Waals surface area contributed by atoms with E-state index in [9.17, 15) is 0 Å². The Morgan fingerprint density at radius 1 is 0.218 bits per heavy atom. The average molecular weight is 997 g/mol. The Morgan fingerprint density at radius 3 is 0.692 bits per heavy atom. The first-order valence-corrected chi connectivity index (χ1v) is 26.0. The maximum absolute atomic E-state index is 5.55. The molecule has 366 valence electrons. The van der Waals surface area contributed by atoms with Crippen LogP contribution in [0.4, 0.5) is 0 Å². The van der Waals surface area contributed by atoms with Crippen molar-refractivity contribution in [3.8, 4) is 44.5 Å². The highest BCUT2D eigenvalue weighted by Crippen LogP contribution is 2.34. The van der Waals surface area contributed by atoms with Crippen molar-refractivity contribution in [2.24, 2.45) is 0 Å². The molecule has 8 aromatic carbocycles. The predicted octanol–water partition coefficient (Wildman–Crippen LogP) is 18.0. The van der Waals surface area contributed by atoms with Gasteiger partial charge in [-0.3, -0.25) is 19.9 Å². The highest BCUT2D eigenvalue weighted by molar-refractivity contribution is 5.95. The van der Waals surface area contributed by atoms with Crippen LogP contribution in [0.3, 0.4) is 0 Å². The summed E-state index contributed by atoms with van der Waals surface area (Å²) in [5.41, 5.74) is 15.1. The lowest BCUT2D eigenvalue weighted by Crippen LogP contribution is -2.00. The summed E-state index contributed by atoms with van der Waals surface area (Å²) >= 11 is 0. The highest BCUT2D eigenvalue weighted by atomic mass is 14.8. The lowest BCUT2D eigenvalue weighted by molar-refractivity contribution is 1.12. The van der Waals surface area contributed by atoms with Crippen LogP contribution >= 0.6 is 0 Å². The van der Waals surface area contributed by atoms with E-state index in [1.165, 1.54) is 43.1 Å². The molecular formula is C72H48N6. The molecule has 0 N–H and O–H groups in total. The molecule has 0 amide bonds. The first-order valence-electron chi connectivity index (χ1n) is 26.0. The van der Waals surface area contributed by atoms with Crippen LogP contribution < -0.4 is 0 Å². The molecule has 6 heteroatoms. The first-order chi connectivity index (χ1) is 38.6. The summed E-state index contributed by atoms with van der Waals surface area (Å²) in [7, 11) is 0. The van der Waals surface area contributed by atoms with E-state index in [1.54, 1.807) is 0 Å². The number of hydrogen-bond donors (Lipinski definition) is 0. The number of nitrogens with zero attached hydrogens (tertiary/aromatic N) is 6. The maximum Gasteiger partial charge on any atom is 0.0894 e. The minimum absolute atomic E-state index is 0.691. The molecule has 5 heterocycles. The van der Waals surface area contributed by atoms with Crippen molar-refractivity contribution in [2.45, 2.75) is 0 Å². The number of pyridine rings is 4. The van der Waals surface area contributed by atoms with Crippen molar-refractivity contribution >= 4 is 91.7 Å². The van der Waals surface area contributed by atoms with Crippen molar-refractivity contribution in [1.29, 1.82) is 0 Å². The molecule has 0 saturated heterocycles. The van der Waals surface area contributed by atoms with Crippen molar-refractivity contribution in [1.82, 2.24) is 29.9 Å². The quantitative estimate of drug-likeness (QED) is 0.121. The number of hydrogen-bond acceptors (Lipinski definition) is 6. The van der Waals surface area contributed by atoms with E-state index in [2.05, 4.69) is 238 Å². The zero-order valence-electron chi connectivity index (χ0n) is 42.4. The Labute approximate surface area is 452 Å². The Kier molecular flexibility index (Phi) is 12.9. The number of aromatic nitrogens is 6. The van der Waals surface area contributed by atoms with E-state index in [0.29, 0.717) is 22.8 Å². The van der Waals surface area contributed by atoms with Gasteiger partial charge in [0.05, 0.1) is 22.8 Å². The summed E-state index contributed by atoms with van der Waals surface area (Å²) in [6.45, 7) is 0. The zero-order valence-corrected chi connectivity index (χ0v) is 42.4. The molecule has 0 saturated carbocycles. The van der Waals surface area contributed by atoms with Gasteiger partial charge in [0.1, 0.15) is 0 Å². The number of rotatable bonds is 12. The van der Waals surface area contributed by atoms with Crippen LogP contribution in [0.1, 0.15) is 45.0 Å². The summed E-state index contributed by atoms with van der Waals surface area (Å²) < 4.78 is 0. The van der Waals surface area contributed by atoms with Gasteiger partial charge in [0.15, 0.2) is 0 Å². The van der Waals surface area contributed by atoms with Crippen LogP contribution in [0.2, 0.25) is 0 Å². The molecule has 0 unspecified atom stereocenters. The van der Waals surface area contributed by atoms with E-state index in [1.807, 2.05) is 73.8 Å². The second-order valence-corrected chi connectivity index (χ2v) is 19.2. The Balaban J connectivity index is 0.972. The molecule has 0 aliphatic rings. The second-order valence-electron chi connectivity index (χ2n) is 19.2. The lowest BCUT2D eigenvalue weighted by atomic mass is 9.97. The van der Waals surface area contributed by atoms with Gasteiger partial charge in [-0.2, -0.15) is 0 Å². The third kappa shape index (κ3) is 9.93. The lowest BCUT2D eigenvalue weighted by Gasteiger charge is -2.11. The smallest absolute Gasteiger partial charge is 0.0894 e. The molecule has 5 aromatic heterocycles. The third-order valence-electron chi connectivity index (χ3n) is 14.4. The Hall–Kier alpha value is -10.6. The monoisotopic (exact) mass is 996 g/mol. The van der Waals surface area contributed by atoms with Gasteiger partial charge < -0.3 is 0 Å². The summed E-state index contributed by atoms with van der Waals surface area (Å²) in [5.74, 6) is 0. The summed E-state index contributed by atoms with van der Waals surface area (Å²) in [4.78, 5) is 29.5. The van der Waals surface area contributed by atoms with Crippen molar-refractivity contribution in [3.63, 3.8) is 0 Å². The van der Waals surface area contributed by atoms with Gasteiger partial charge in [-0.05, 0) is 160 Å². The van der Waals surface area contributed by atoms with Crippen LogP contribution in [0.25, 0.3) is 136 Å². The topological polar surface area (TPSA) is 77.3 Å². The molecule has 0 aliphatic heterocycles. The minimum Gasteiger partial charge on any atom is -0.264 e. The molecule has 0 spiro atoms.